The van der Waals surface area contributed by atoms with E-state index in [-0.39, 0.29) is 5.57 Å². The lowest BCUT2D eigenvalue weighted by Gasteiger charge is -2.12. The zero-order chi connectivity index (χ0) is 22.2. The standard InChI is InChI=1S/C24H18BrIN2O3/c1-30-23-13-17(4-11-22(23)31-15-16-2-7-20(26)8-3-16)12-18(14-27)24(29)28-21-9-5-19(25)6-10-21/h2-13H,15H2,1H3,(H,28,29)/b18-12-. The molecule has 3 aromatic carbocycles. The molecule has 0 unspecified atom stereocenters. The van der Waals surface area contributed by atoms with Crippen LogP contribution in [0.25, 0.3) is 6.08 Å². The van der Waals surface area contributed by atoms with Crippen LogP contribution >= 0.6 is 38.5 Å². The number of hydrogen-bond acceptors (Lipinski definition) is 4. The Balaban J connectivity index is 1.74. The molecule has 1 amide bonds. The minimum absolute atomic E-state index is 0.0162. The number of halogens is 2. The summed E-state index contributed by atoms with van der Waals surface area (Å²) in [4.78, 5) is 12.5. The molecule has 0 atom stereocenters. The van der Waals surface area contributed by atoms with Crippen LogP contribution < -0.4 is 14.8 Å². The van der Waals surface area contributed by atoms with Crippen molar-refractivity contribution in [3.8, 4) is 17.6 Å². The molecule has 31 heavy (non-hydrogen) atoms. The highest BCUT2D eigenvalue weighted by Gasteiger charge is 2.11. The fraction of sp³-hybridized carbons (Fsp3) is 0.0833. The van der Waals surface area contributed by atoms with Crippen molar-refractivity contribution >= 4 is 56.2 Å². The van der Waals surface area contributed by atoms with Crippen molar-refractivity contribution in [2.24, 2.45) is 0 Å². The zero-order valence-corrected chi connectivity index (χ0v) is 20.3. The highest BCUT2D eigenvalue weighted by Crippen LogP contribution is 2.30. The molecule has 1 N–H and O–H groups in total. The van der Waals surface area contributed by atoms with Gasteiger partial charge in [0, 0.05) is 13.7 Å². The largest absolute Gasteiger partial charge is 0.493 e. The number of ether oxygens (including phenoxy) is 2. The third-order valence-electron chi connectivity index (χ3n) is 4.27. The van der Waals surface area contributed by atoms with Crippen molar-refractivity contribution in [3.05, 3.63) is 91.5 Å². The molecule has 0 radical (unpaired) electrons. The van der Waals surface area contributed by atoms with E-state index in [1.165, 1.54) is 6.08 Å². The predicted octanol–water partition coefficient (Wildman–Crippen LogP) is 6.19. The molecule has 5 nitrogen and oxygen atoms in total. The van der Waals surface area contributed by atoms with Gasteiger partial charge in [0.05, 0.1) is 7.11 Å². The average Bonchev–Trinajstić information content (AvgIpc) is 2.78. The van der Waals surface area contributed by atoms with Gasteiger partial charge < -0.3 is 14.8 Å². The molecule has 7 heteroatoms. The summed E-state index contributed by atoms with van der Waals surface area (Å²) in [6, 6.07) is 22.4. The molecule has 0 aliphatic heterocycles. The van der Waals surface area contributed by atoms with Gasteiger partial charge in [-0.05, 0) is 88.3 Å². The van der Waals surface area contributed by atoms with Gasteiger partial charge in [-0.15, -0.1) is 0 Å². The number of carbonyl (C=O) groups excluding carboxylic acids is 1. The summed E-state index contributed by atoms with van der Waals surface area (Å²) in [5.41, 5.74) is 2.28. The number of amides is 1. The predicted molar refractivity (Wildman–Crippen MR) is 133 cm³/mol. The summed E-state index contributed by atoms with van der Waals surface area (Å²) in [6.45, 7) is 0.404. The van der Waals surface area contributed by atoms with Crippen LogP contribution in [-0.2, 0) is 11.4 Å². The van der Waals surface area contributed by atoms with Crippen LogP contribution in [0.3, 0.4) is 0 Å². The Labute approximate surface area is 203 Å². The third kappa shape index (κ3) is 6.57. The quantitative estimate of drug-likeness (QED) is 0.203. The lowest BCUT2D eigenvalue weighted by atomic mass is 10.1. The Morgan fingerprint density at radius 1 is 1.10 bits per heavy atom. The summed E-state index contributed by atoms with van der Waals surface area (Å²) < 4.78 is 13.4. The van der Waals surface area contributed by atoms with Gasteiger partial charge in [0.2, 0.25) is 0 Å². The number of hydrogen-bond donors (Lipinski definition) is 1. The Kier molecular flexibility index (Phi) is 8.09. The second-order valence-electron chi connectivity index (χ2n) is 6.46. The molecule has 3 aromatic rings. The van der Waals surface area contributed by atoms with E-state index >= 15 is 0 Å². The molecular formula is C24H18BrIN2O3. The first-order valence-electron chi connectivity index (χ1n) is 9.22. The van der Waals surface area contributed by atoms with E-state index < -0.39 is 5.91 Å². The fourth-order valence-corrected chi connectivity index (χ4v) is 3.31. The van der Waals surface area contributed by atoms with Crippen LogP contribution in [0.15, 0.2) is 76.8 Å². The van der Waals surface area contributed by atoms with Crippen molar-refractivity contribution in [2.75, 3.05) is 12.4 Å². The second-order valence-corrected chi connectivity index (χ2v) is 8.62. The first-order chi connectivity index (χ1) is 15.0. The molecule has 156 valence electrons. The van der Waals surface area contributed by atoms with Crippen molar-refractivity contribution in [2.45, 2.75) is 6.61 Å². The first kappa shape index (κ1) is 22.8. The molecule has 0 aliphatic carbocycles. The van der Waals surface area contributed by atoms with Crippen molar-refractivity contribution in [3.63, 3.8) is 0 Å². The average molecular weight is 589 g/mol. The van der Waals surface area contributed by atoms with E-state index in [1.54, 1.807) is 37.4 Å². The number of anilines is 1. The molecule has 3 rings (SSSR count). The number of carbonyl (C=O) groups is 1. The molecule has 0 aliphatic rings. The number of methoxy groups -OCH3 is 1. The van der Waals surface area contributed by atoms with Crippen LogP contribution in [0.5, 0.6) is 11.5 Å². The van der Waals surface area contributed by atoms with Crippen LogP contribution in [0.1, 0.15) is 11.1 Å². The highest BCUT2D eigenvalue weighted by atomic mass is 127. The number of benzene rings is 3. The number of nitrogens with zero attached hydrogens (tertiary/aromatic N) is 1. The van der Waals surface area contributed by atoms with E-state index in [1.807, 2.05) is 42.5 Å². The van der Waals surface area contributed by atoms with Gasteiger partial charge >= 0.3 is 0 Å². The second kappa shape index (κ2) is 11.0. The van der Waals surface area contributed by atoms with E-state index in [2.05, 4.69) is 43.8 Å². The topological polar surface area (TPSA) is 71.3 Å². The Bertz CT molecular complexity index is 1140. The van der Waals surface area contributed by atoms with E-state index in [4.69, 9.17) is 9.47 Å². The molecule has 0 fully saturated rings. The van der Waals surface area contributed by atoms with E-state index in [0.29, 0.717) is 29.4 Å². The smallest absolute Gasteiger partial charge is 0.266 e. The highest BCUT2D eigenvalue weighted by molar-refractivity contribution is 14.1. The Morgan fingerprint density at radius 3 is 2.45 bits per heavy atom. The van der Waals surface area contributed by atoms with Crippen molar-refractivity contribution in [1.82, 2.24) is 0 Å². The lowest BCUT2D eigenvalue weighted by molar-refractivity contribution is -0.112. The Morgan fingerprint density at radius 2 is 1.81 bits per heavy atom. The molecular weight excluding hydrogens is 571 g/mol. The summed E-state index contributed by atoms with van der Waals surface area (Å²) in [5, 5.41) is 12.2. The number of rotatable bonds is 7. The third-order valence-corrected chi connectivity index (χ3v) is 5.52. The summed E-state index contributed by atoms with van der Waals surface area (Å²) >= 11 is 5.60. The molecule has 0 saturated heterocycles. The lowest BCUT2D eigenvalue weighted by Crippen LogP contribution is -2.13. The van der Waals surface area contributed by atoms with Crippen LogP contribution in [0.4, 0.5) is 5.69 Å². The van der Waals surface area contributed by atoms with Crippen molar-refractivity contribution < 1.29 is 14.3 Å². The zero-order valence-electron chi connectivity index (χ0n) is 16.6. The van der Waals surface area contributed by atoms with Crippen molar-refractivity contribution in [1.29, 1.82) is 5.26 Å². The van der Waals surface area contributed by atoms with Gasteiger partial charge in [-0.3, -0.25) is 4.79 Å². The minimum Gasteiger partial charge on any atom is -0.493 e. The number of nitrogens with one attached hydrogen (secondary N) is 1. The van der Waals surface area contributed by atoms with Gasteiger partial charge in [-0.25, -0.2) is 0 Å². The minimum atomic E-state index is -0.483. The summed E-state index contributed by atoms with van der Waals surface area (Å²) in [7, 11) is 1.55. The van der Waals surface area contributed by atoms with Gasteiger partial charge in [0.25, 0.3) is 5.91 Å². The molecule has 0 spiro atoms. The molecule has 0 heterocycles. The number of nitriles is 1. The SMILES string of the molecule is COc1cc(/C=C(/C#N)C(=O)Nc2ccc(Br)cc2)ccc1OCc1ccc(I)cc1. The first-order valence-corrected chi connectivity index (χ1v) is 11.1. The van der Waals surface area contributed by atoms with Gasteiger partial charge in [-0.1, -0.05) is 34.1 Å². The van der Waals surface area contributed by atoms with Gasteiger partial charge in [-0.2, -0.15) is 5.26 Å². The normalized spacial score (nSPS) is 10.8. The molecule has 0 bridgehead atoms. The summed E-state index contributed by atoms with van der Waals surface area (Å²) in [5.74, 6) is 0.615. The molecule has 0 aromatic heterocycles. The molecule has 0 saturated carbocycles. The van der Waals surface area contributed by atoms with Crippen LogP contribution in [0, 0.1) is 14.9 Å². The maximum Gasteiger partial charge on any atom is 0.266 e. The fourth-order valence-electron chi connectivity index (χ4n) is 2.68. The van der Waals surface area contributed by atoms with Gasteiger partial charge in [0.15, 0.2) is 11.5 Å². The van der Waals surface area contributed by atoms with Crippen LogP contribution in [-0.4, -0.2) is 13.0 Å². The monoisotopic (exact) mass is 588 g/mol. The Hall–Kier alpha value is -2.83. The maximum absolute atomic E-state index is 12.5. The van der Waals surface area contributed by atoms with E-state index in [0.717, 1.165) is 13.6 Å². The summed E-state index contributed by atoms with van der Waals surface area (Å²) in [6.07, 6.45) is 1.51. The van der Waals surface area contributed by atoms with Crippen LogP contribution in [0.2, 0.25) is 0 Å². The van der Waals surface area contributed by atoms with E-state index in [9.17, 15) is 10.1 Å². The van der Waals surface area contributed by atoms with Gasteiger partial charge in [0.1, 0.15) is 18.2 Å². The maximum atomic E-state index is 12.5.